The monoisotopic (exact) mass is 850 g/mol. The maximum Gasteiger partial charge on any atom is 0.0621 e. The molecule has 4 nitrogen and oxygen atoms in total. The third kappa shape index (κ3) is 5.51. The van der Waals surface area contributed by atoms with E-state index in [1.165, 1.54) is 98.7 Å². The van der Waals surface area contributed by atoms with E-state index in [1.54, 1.807) is 0 Å². The van der Waals surface area contributed by atoms with E-state index in [4.69, 9.17) is 0 Å². The molecule has 0 aliphatic carbocycles. The van der Waals surface area contributed by atoms with Gasteiger partial charge in [0.15, 0.2) is 0 Å². The minimum atomic E-state index is 0.0670. The number of anilines is 6. The zero-order valence-corrected chi connectivity index (χ0v) is 38.3. The number of fused-ring (bicyclic) bond motifs is 12. The van der Waals surface area contributed by atoms with Gasteiger partial charge in [0.2, 0.25) is 0 Å². The summed E-state index contributed by atoms with van der Waals surface area (Å²) in [6, 6.07) is 72.3. The number of hydrogen-bond donors (Lipinski definition) is 0. The molecule has 4 heteroatoms. The minimum absolute atomic E-state index is 0.0670. The molecule has 9 aromatic carbocycles. The van der Waals surface area contributed by atoms with Crippen LogP contribution in [0.5, 0.6) is 0 Å². The average Bonchev–Trinajstić information content (AvgIpc) is 4.06. The molecule has 0 unspecified atom stereocenters. The molecule has 0 saturated heterocycles. The molecule has 0 spiro atoms. The van der Waals surface area contributed by atoms with E-state index < -0.39 is 0 Å². The molecule has 0 bridgehead atoms. The minimum Gasteiger partial charge on any atom is -0.310 e. The van der Waals surface area contributed by atoms with Crippen LogP contribution < -0.4 is 9.80 Å². The maximum atomic E-state index is 2.54. The largest absolute Gasteiger partial charge is 0.310 e. The standard InChI is InChI=1S/C62H50N4/c1-61(2,3)39-29-33-43(34-30-39)63(41-17-9-7-10-18-41)51-25-15-27-53-57(51)47-23-13-21-45-49-38-56-50(37-55(49)65(53)59(45)47)46-22-14-24-48-58-52(26-16-28-54(58)66(56)60(46)48)64(42-19-11-8-12-20-42)44-35-31-40(32-36-44)62(4,5)6/h7-38H,1-6H3. The molecule has 13 aromatic rings. The Hall–Kier alpha value is -7.82. The molecule has 0 aliphatic rings. The summed E-state index contributed by atoms with van der Waals surface area (Å²) in [5, 5.41) is 10.1. The summed E-state index contributed by atoms with van der Waals surface area (Å²) >= 11 is 0. The lowest BCUT2D eigenvalue weighted by atomic mass is 9.87. The Balaban J connectivity index is 1.05. The number of para-hydroxylation sites is 4. The van der Waals surface area contributed by atoms with Crippen molar-refractivity contribution < 1.29 is 0 Å². The van der Waals surface area contributed by atoms with Crippen LogP contribution >= 0.6 is 0 Å². The van der Waals surface area contributed by atoms with Crippen molar-refractivity contribution in [1.29, 1.82) is 0 Å². The number of rotatable bonds is 6. The molecule has 0 fully saturated rings. The number of aromatic nitrogens is 2. The van der Waals surface area contributed by atoms with Crippen LogP contribution in [0.2, 0.25) is 0 Å². The Bertz CT molecular complexity index is 3710. The van der Waals surface area contributed by atoms with E-state index >= 15 is 0 Å². The highest BCUT2D eigenvalue weighted by Gasteiger charge is 2.27. The van der Waals surface area contributed by atoms with E-state index in [-0.39, 0.29) is 10.8 Å². The van der Waals surface area contributed by atoms with Crippen LogP contribution in [0.4, 0.5) is 34.1 Å². The average molecular weight is 851 g/mol. The van der Waals surface area contributed by atoms with Crippen LogP contribution in [0.3, 0.4) is 0 Å². The summed E-state index contributed by atoms with van der Waals surface area (Å²) in [4.78, 5) is 4.87. The van der Waals surface area contributed by atoms with E-state index in [1.807, 2.05) is 0 Å². The summed E-state index contributed by atoms with van der Waals surface area (Å²) in [6.45, 7) is 13.7. The Labute approximate surface area is 384 Å². The van der Waals surface area contributed by atoms with Gasteiger partial charge < -0.3 is 18.6 Å². The first-order chi connectivity index (χ1) is 32.0. The molecule has 0 aliphatic heterocycles. The lowest BCUT2D eigenvalue weighted by molar-refractivity contribution is 0.590. The predicted molar refractivity (Wildman–Crippen MR) is 283 cm³/mol. The van der Waals surface area contributed by atoms with E-state index in [2.05, 4.69) is 254 Å². The van der Waals surface area contributed by atoms with Crippen LogP contribution in [0.15, 0.2) is 194 Å². The van der Waals surface area contributed by atoms with Crippen molar-refractivity contribution in [3.63, 3.8) is 0 Å². The van der Waals surface area contributed by atoms with E-state index in [9.17, 15) is 0 Å². The van der Waals surface area contributed by atoms with E-state index in [0.717, 1.165) is 22.7 Å². The van der Waals surface area contributed by atoms with Crippen LogP contribution in [0.1, 0.15) is 52.7 Å². The van der Waals surface area contributed by atoms with Crippen molar-refractivity contribution >= 4 is 110 Å². The fourth-order valence-electron chi connectivity index (χ4n) is 11.1. The van der Waals surface area contributed by atoms with Crippen molar-refractivity contribution in [2.24, 2.45) is 0 Å². The van der Waals surface area contributed by atoms with Gasteiger partial charge in [0.05, 0.1) is 44.5 Å². The van der Waals surface area contributed by atoms with Crippen molar-refractivity contribution in [2.45, 2.75) is 52.4 Å². The summed E-state index contributed by atoms with van der Waals surface area (Å²) in [5.74, 6) is 0. The molecule has 0 N–H and O–H groups in total. The molecule has 13 rings (SSSR count). The topological polar surface area (TPSA) is 15.3 Å². The van der Waals surface area contributed by atoms with Gasteiger partial charge in [-0.15, -0.1) is 0 Å². The molecule has 4 heterocycles. The van der Waals surface area contributed by atoms with Gasteiger partial charge >= 0.3 is 0 Å². The molecule has 0 saturated carbocycles. The lowest BCUT2D eigenvalue weighted by Crippen LogP contribution is -2.13. The van der Waals surface area contributed by atoms with Gasteiger partial charge in [0.1, 0.15) is 0 Å². The molecular formula is C62H50N4. The van der Waals surface area contributed by atoms with Gasteiger partial charge in [-0.3, -0.25) is 0 Å². The van der Waals surface area contributed by atoms with Crippen molar-refractivity contribution in [3.8, 4) is 0 Å². The molecule has 318 valence electrons. The van der Waals surface area contributed by atoms with Crippen molar-refractivity contribution in [1.82, 2.24) is 8.80 Å². The van der Waals surface area contributed by atoms with Crippen LogP contribution in [0.25, 0.3) is 76.2 Å². The van der Waals surface area contributed by atoms with Gasteiger partial charge in [0, 0.05) is 65.8 Å². The zero-order valence-electron chi connectivity index (χ0n) is 38.3. The number of benzene rings is 9. The molecule has 66 heavy (non-hydrogen) atoms. The third-order valence-electron chi connectivity index (χ3n) is 14.3. The second-order valence-corrected chi connectivity index (χ2v) is 20.2. The Morgan fingerprint density at radius 1 is 0.303 bits per heavy atom. The Kier molecular flexibility index (Phi) is 8.10. The summed E-state index contributed by atoms with van der Waals surface area (Å²) < 4.78 is 5.08. The summed E-state index contributed by atoms with van der Waals surface area (Å²) in [7, 11) is 0. The first-order valence-corrected chi connectivity index (χ1v) is 23.3. The van der Waals surface area contributed by atoms with Gasteiger partial charge in [-0.2, -0.15) is 0 Å². The fraction of sp³-hybridized carbons (Fsp3) is 0.129. The van der Waals surface area contributed by atoms with Crippen molar-refractivity contribution in [3.05, 3.63) is 205 Å². The van der Waals surface area contributed by atoms with E-state index in [0.29, 0.717) is 0 Å². The quantitative estimate of drug-likeness (QED) is 0.166. The summed E-state index contributed by atoms with van der Waals surface area (Å²) in [5.41, 5.74) is 17.1. The van der Waals surface area contributed by atoms with Gasteiger partial charge in [-0.05, 0) is 107 Å². The maximum absolute atomic E-state index is 2.54. The second-order valence-electron chi connectivity index (χ2n) is 20.2. The lowest BCUT2D eigenvalue weighted by Gasteiger charge is -2.27. The Morgan fingerprint density at radius 2 is 0.652 bits per heavy atom. The highest BCUT2D eigenvalue weighted by Crippen LogP contribution is 2.50. The molecule has 0 radical (unpaired) electrons. The SMILES string of the molecule is CC(C)(C)c1ccc(N(c2ccccc2)c2cccc3c2c2cccc4c5cc6c(cc5n3c42)c2cccc3c4c(N(c5ccccc5)c5ccc(C(C)(C)C)cc5)cccc4n6c23)cc1. The smallest absolute Gasteiger partial charge is 0.0621 e. The molecule has 0 amide bonds. The normalized spacial score (nSPS) is 12.7. The number of nitrogens with zero attached hydrogens (tertiary/aromatic N) is 4. The first kappa shape index (κ1) is 38.6. The summed E-state index contributed by atoms with van der Waals surface area (Å²) in [6.07, 6.45) is 0. The van der Waals surface area contributed by atoms with Crippen LogP contribution in [-0.4, -0.2) is 8.80 Å². The highest BCUT2D eigenvalue weighted by molar-refractivity contribution is 6.31. The van der Waals surface area contributed by atoms with Crippen LogP contribution in [-0.2, 0) is 10.8 Å². The van der Waals surface area contributed by atoms with Gasteiger partial charge in [-0.1, -0.05) is 151 Å². The second kappa shape index (κ2) is 13.8. The highest BCUT2D eigenvalue weighted by atomic mass is 15.2. The zero-order chi connectivity index (χ0) is 44.6. The molecule has 4 aromatic heterocycles. The first-order valence-electron chi connectivity index (χ1n) is 23.3. The number of hydrogen-bond acceptors (Lipinski definition) is 2. The Morgan fingerprint density at radius 3 is 1.03 bits per heavy atom. The molecular weight excluding hydrogens is 801 g/mol. The molecule has 0 atom stereocenters. The van der Waals surface area contributed by atoms with Crippen LogP contribution in [0, 0.1) is 0 Å². The van der Waals surface area contributed by atoms with Gasteiger partial charge in [-0.25, -0.2) is 0 Å². The predicted octanol–water partition coefficient (Wildman–Crippen LogP) is 17.5. The van der Waals surface area contributed by atoms with Gasteiger partial charge in [0.25, 0.3) is 0 Å². The third-order valence-corrected chi connectivity index (χ3v) is 14.3. The fourth-order valence-corrected chi connectivity index (χ4v) is 11.1. The van der Waals surface area contributed by atoms with Crippen molar-refractivity contribution in [2.75, 3.05) is 9.80 Å².